The van der Waals surface area contributed by atoms with Gasteiger partial charge in [-0.15, -0.1) is 0 Å². The molecule has 0 fully saturated rings. The minimum atomic E-state index is 0.435. The van der Waals surface area contributed by atoms with E-state index in [1.165, 1.54) is 0 Å². The predicted octanol–water partition coefficient (Wildman–Crippen LogP) is 5.33. The van der Waals surface area contributed by atoms with Crippen LogP contribution in [0.1, 0.15) is 18.9 Å². The van der Waals surface area contributed by atoms with Gasteiger partial charge in [0.1, 0.15) is 5.75 Å². The number of benzene rings is 1. The Hall–Kier alpha value is -1.000. The van der Waals surface area contributed by atoms with Gasteiger partial charge in [-0.2, -0.15) is 0 Å². The summed E-state index contributed by atoms with van der Waals surface area (Å²) in [6.45, 7) is 3.70. The summed E-state index contributed by atoms with van der Waals surface area (Å²) in [6.07, 6.45) is 2.64. The van der Waals surface area contributed by atoms with Gasteiger partial charge in [0.2, 0.25) is 5.88 Å². The highest BCUT2D eigenvalue weighted by Crippen LogP contribution is 2.31. The molecular weight excluding hydrogens is 331 g/mol. The standard InChI is InChI=1S/C15H15Cl3N2O/c1-2-5-19-8-10-6-15(20-9-13(10)18)21-14-4-3-11(16)7-12(14)17/h3-4,6-7,9,19H,2,5,8H2,1H3. The van der Waals surface area contributed by atoms with Crippen LogP contribution in [0.4, 0.5) is 0 Å². The van der Waals surface area contributed by atoms with Gasteiger partial charge in [-0.1, -0.05) is 41.7 Å². The molecule has 0 bridgehead atoms. The Kier molecular flexibility index (Phi) is 6.12. The molecule has 21 heavy (non-hydrogen) atoms. The molecule has 0 aliphatic rings. The summed E-state index contributed by atoms with van der Waals surface area (Å²) in [5, 5.41) is 4.89. The van der Waals surface area contributed by atoms with Gasteiger partial charge in [0.25, 0.3) is 0 Å². The molecular formula is C15H15Cl3N2O. The third-order valence-corrected chi connectivity index (χ3v) is 3.63. The first kappa shape index (κ1) is 16.4. The van der Waals surface area contributed by atoms with Crippen LogP contribution in [0.25, 0.3) is 0 Å². The predicted molar refractivity (Wildman–Crippen MR) is 87.8 cm³/mol. The second kappa shape index (κ2) is 7.85. The number of ether oxygens (including phenoxy) is 1. The van der Waals surface area contributed by atoms with E-state index in [2.05, 4.69) is 17.2 Å². The van der Waals surface area contributed by atoms with Gasteiger partial charge in [0.15, 0.2) is 0 Å². The van der Waals surface area contributed by atoms with E-state index < -0.39 is 0 Å². The maximum atomic E-state index is 6.13. The van der Waals surface area contributed by atoms with Crippen LogP contribution in [-0.4, -0.2) is 11.5 Å². The zero-order valence-electron chi connectivity index (χ0n) is 11.5. The average Bonchev–Trinajstić information content (AvgIpc) is 2.45. The fourth-order valence-corrected chi connectivity index (χ4v) is 2.34. The molecule has 0 aliphatic carbocycles. The Balaban J connectivity index is 2.14. The normalized spacial score (nSPS) is 10.7. The molecule has 1 aromatic carbocycles. The van der Waals surface area contributed by atoms with Gasteiger partial charge in [-0.05, 0) is 36.7 Å². The summed E-state index contributed by atoms with van der Waals surface area (Å²) in [6, 6.07) is 6.84. The quantitative estimate of drug-likeness (QED) is 0.718. The van der Waals surface area contributed by atoms with Crippen LogP contribution in [0.5, 0.6) is 11.6 Å². The third kappa shape index (κ3) is 4.75. The van der Waals surface area contributed by atoms with Gasteiger partial charge < -0.3 is 10.1 Å². The van der Waals surface area contributed by atoms with E-state index in [9.17, 15) is 0 Å². The van der Waals surface area contributed by atoms with Gasteiger partial charge in [-0.3, -0.25) is 0 Å². The Morgan fingerprint density at radius 1 is 1.14 bits per heavy atom. The molecule has 2 rings (SSSR count). The molecule has 0 radical (unpaired) electrons. The van der Waals surface area contributed by atoms with E-state index in [1.807, 2.05) is 0 Å². The van der Waals surface area contributed by atoms with Crippen molar-refractivity contribution in [2.45, 2.75) is 19.9 Å². The number of halogens is 3. The van der Waals surface area contributed by atoms with E-state index >= 15 is 0 Å². The maximum Gasteiger partial charge on any atom is 0.219 e. The molecule has 0 amide bonds. The Bertz CT molecular complexity index is 620. The molecule has 0 saturated carbocycles. The summed E-state index contributed by atoms with van der Waals surface area (Å²) in [7, 11) is 0. The van der Waals surface area contributed by atoms with Crippen molar-refractivity contribution >= 4 is 34.8 Å². The largest absolute Gasteiger partial charge is 0.437 e. The monoisotopic (exact) mass is 344 g/mol. The van der Waals surface area contributed by atoms with Crippen LogP contribution < -0.4 is 10.1 Å². The molecule has 6 heteroatoms. The van der Waals surface area contributed by atoms with E-state index in [4.69, 9.17) is 39.5 Å². The molecule has 0 saturated heterocycles. The first-order valence-electron chi connectivity index (χ1n) is 6.58. The zero-order chi connectivity index (χ0) is 15.2. The Labute approximate surface area is 139 Å². The summed E-state index contributed by atoms with van der Waals surface area (Å²) >= 11 is 18.1. The fourth-order valence-electron chi connectivity index (χ4n) is 1.72. The lowest BCUT2D eigenvalue weighted by molar-refractivity contribution is 0.462. The third-order valence-electron chi connectivity index (χ3n) is 2.76. The second-order valence-electron chi connectivity index (χ2n) is 4.47. The highest BCUT2D eigenvalue weighted by molar-refractivity contribution is 6.35. The van der Waals surface area contributed by atoms with Crippen molar-refractivity contribution < 1.29 is 4.74 Å². The molecule has 0 unspecified atom stereocenters. The van der Waals surface area contributed by atoms with Crippen LogP contribution >= 0.6 is 34.8 Å². The Morgan fingerprint density at radius 3 is 2.67 bits per heavy atom. The molecule has 0 aliphatic heterocycles. The van der Waals surface area contributed by atoms with E-state index in [0.29, 0.717) is 33.2 Å². The van der Waals surface area contributed by atoms with Gasteiger partial charge in [0, 0.05) is 23.8 Å². The van der Waals surface area contributed by atoms with Crippen LogP contribution in [0.15, 0.2) is 30.5 Å². The number of pyridine rings is 1. The molecule has 2 aromatic rings. The lowest BCUT2D eigenvalue weighted by Crippen LogP contribution is -2.14. The zero-order valence-corrected chi connectivity index (χ0v) is 13.8. The number of hydrogen-bond donors (Lipinski definition) is 1. The van der Waals surface area contributed by atoms with Crippen molar-refractivity contribution in [2.75, 3.05) is 6.54 Å². The van der Waals surface area contributed by atoms with Gasteiger partial charge >= 0.3 is 0 Å². The van der Waals surface area contributed by atoms with Crippen molar-refractivity contribution in [1.29, 1.82) is 0 Å². The summed E-state index contributed by atoms with van der Waals surface area (Å²) in [4.78, 5) is 4.15. The van der Waals surface area contributed by atoms with Gasteiger partial charge in [0.05, 0.1) is 10.0 Å². The van der Waals surface area contributed by atoms with Crippen LogP contribution in [0.2, 0.25) is 15.1 Å². The second-order valence-corrected chi connectivity index (χ2v) is 5.72. The molecule has 3 nitrogen and oxygen atoms in total. The minimum absolute atomic E-state index is 0.435. The lowest BCUT2D eigenvalue weighted by Gasteiger charge is -2.10. The fraction of sp³-hybridized carbons (Fsp3) is 0.267. The Morgan fingerprint density at radius 2 is 1.95 bits per heavy atom. The first-order valence-corrected chi connectivity index (χ1v) is 7.71. The van der Waals surface area contributed by atoms with E-state index in [-0.39, 0.29) is 0 Å². The summed E-state index contributed by atoms with van der Waals surface area (Å²) in [5.41, 5.74) is 0.931. The summed E-state index contributed by atoms with van der Waals surface area (Å²) in [5.74, 6) is 0.945. The molecule has 1 heterocycles. The van der Waals surface area contributed by atoms with Crippen molar-refractivity contribution in [3.05, 3.63) is 51.1 Å². The molecule has 0 atom stereocenters. The SMILES string of the molecule is CCCNCc1cc(Oc2ccc(Cl)cc2Cl)ncc1Cl. The number of hydrogen-bond acceptors (Lipinski definition) is 3. The average molecular weight is 346 g/mol. The van der Waals surface area contributed by atoms with Crippen molar-refractivity contribution in [3.63, 3.8) is 0 Å². The van der Waals surface area contributed by atoms with E-state index in [0.717, 1.165) is 18.5 Å². The minimum Gasteiger partial charge on any atom is -0.437 e. The molecule has 0 spiro atoms. The van der Waals surface area contributed by atoms with Crippen LogP contribution in [-0.2, 0) is 6.54 Å². The van der Waals surface area contributed by atoms with Gasteiger partial charge in [-0.25, -0.2) is 4.98 Å². The van der Waals surface area contributed by atoms with Crippen LogP contribution in [0.3, 0.4) is 0 Å². The highest BCUT2D eigenvalue weighted by atomic mass is 35.5. The smallest absolute Gasteiger partial charge is 0.219 e. The number of rotatable bonds is 6. The van der Waals surface area contributed by atoms with Crippen LogP contribution in [0, 0.1) is 0 Å². The molecule has 1 aromatic heterocycles. The number of nitrogens with one attached hydrogen (secondary N) is 1. The first-order chi connectivity index (χ1) is 10.1. The molecule has 112 valence electrons. The van der Waals surface area contributed by atoms with Crippen molar-refractivity contribution in [3.8, 4) is 11.6 Å². The van der Waals surface area contributed by atoms with E-state index in [1.54, 1.807) is 30.5 Å². The highest BCUT2D eigenvalue weighted by Gasteiger charge is 2.08. The number of nitrogens with zero attached hydrogens (tertiary/aromatic N) is 1. The number of aromatic nitrogens is 1. The van der Waals surface area contributed by atoms with Crippen molar-refractivity contribution in [2.24, 2.45) is 0 Å². The summed E-state index contributed by atoms with van der Waals surface area (Å²) < 4.78 is 5.68. The maximum absolute atomic E-state index is 6.13. The topological polar surface area (TPSA) is 34.1 Å². The molecule has 1 N–H and O–H groups in total. The lowest BCUT2D eigenvalue weighted by atomic mass is 10.2. The van der Waals surface area contributed by atoms with Crippen molar-refractivity contribution in [1.82, 2.24) is 10.3 Å².